The molecule has 0 unspecified atom stereocenters. The van der Waals surface area contributed by atoms with Crippen molar-refractivity contribution in [3.05, 3.63) is 76.9 Å². The van der Waals surface area contributed by atoms with Gasteiger partial charge < -0.3 is 0 Å². The molecule has 3 rings (SSSR count). The summed E-state index contributed by atoms with van der Waals surface area (Å²) in [6.07, 6.45) is -0.0982. The zero-order valence-corrected chi connectivity index (χ0v) is 15.0. The van der Waals surface area contributed by atoms with Crippen molar-refractivity contribution >= 4 is 23.4 Å². The molecule has 0 spiro atoms. The summed E-state index contributed by atoms with van der Waals surface area (Å²) >= 11 is 0. The van der Waals surface area contributed by atoms with E-state index in [4.69, 9.17) is 0 Å². The van der Waals surface area contributed by atoms with Gasteiger partial charge in [0.2, 0.25) is 0 Å². The molecule has 0 fully saturated rings. The number of benzene rings is 2. The van der Waals surface area contributed by atoms with E-state index in [1.807, 2.05) is 13.0 Å². The van der Waals surface area contributed by atoms with E-state index in [0.717, 1.165) is 15.6 Å². The number of hydrogen-bond donors (Lipinski definition) is 0. The highest BCUT2D eigenvalue weighted by Crippen LogP contribution is 2.27. The zero-order chi connectivity index (χ0) is 19.6. The Morgan fingerprint density at radius 2 is 1.67 bits per heavy atom. The maximum Gasteiger partial charge on any atom is 0.290 e. The highest BCUT2D eigenvalue weighted by molar-refractivity contribution is 6.17. The van der Waals surface area contributed by atoms with Crippen molar-refractivity contribution in [2.24, 2.45) is 0 Å². The van der Waals surface area contributed by atoms with Gasteiger partial charge in [0.05, 0.1) is 12.1 Å². The largest absolute Gasteiger partial charge is 0.290 e. The molecule has 0 aliphatic carbocycles. The van der Waals surface area contributed by atoms with Gasteiger partial charge in [0.25, 0.3) is 17.7 Å². The van der Waals surface area contributed by atoms with Crippen LogP contribution in [0.3, 0.4) is 0 Å². The van der Waals surface area contributed by atoms with Crippen LogP contribution in [0.15, 0.2) is 65.7 Å². The molecule has 0 radical (unpaired) electrons. The van der Waals surface area contributed by atoms with Crippen molar-refractivity contribution in [2.75, 3.05) is 5.01 Å². The van der Waals surface area contributed by atoms with Crippen molar-refractivity contribution in [2.45, 2.75) is 20.3 Å². The van der Waals surface area contributed by atoms with Crippen LogP contribution < -0.4 is 5.01 Å². The lowest BCUT2D eigenvalue weighted by Crippen LogP contribution is -2.55. The van der Waals surface area contributed by atoms with Gasteiger partial charge >= 0.3 is 0 Å². The van der Waals surface area contributed by atoms with Gasteiger partial charge in [-0.3, -0.25) is 14.4 Å². The molecule has 6 heteroatoms. The van der Waals surface area contributed by atoms with E-state index in [-0.39, 0.29) is 12.0 Å². The van der Waals surface area contributed by atoms with Crippen LogP contribution in [0.4, 0.5) is 5.69 Å². The predicted octanol–water partition coefficient (Wildman–Crippen LogP) is 3.16. The molecule has 2 aromatic carbocycles. The summed E-state index contributed by atoms with van der Waals surface area (Å²) in [5, 5.41) is 11.1. The molecule has 0 saturated heterocycles. The fourth-order valence-corrected chi connectivity index (χ4v) is 2.85. The maximum absolute atomic E-state index is 13.2. The van der Waals surface area contributed by atoms with Crippen LogP contribution in [-0.4, -0.2) is 22.7 Å². The van der Waals surface area contributed by atoms with Gasteiger partial charge in [-0.2, -0.15) is 10.3 Å². The predicted molar refractivity (Wildman–Crippen MR) is 99.2 cm³/mol. The van der Waals surface area contributed by atoms with Gasteiger partial charge in [-0.15, -0.1) is 0 Å². The Morgan fingerprint density at radius 3 is 2.26 bits per heavy atom. The molecule has 0 atom stereocenters. The topological polar surface area (TPSA) is 81.5 Å². The van der Waals surface area contributed by atoms with Crippen LogP contribution >= 0.6 is 0 Å². The molecule has 134 valence electrons. The molecule has 27 heavy (non-hydrogen) atoms. The van der Waals surface area contributed by atoms with Crippen LogP contribution in [0, 0.1) is 18.3 Å². The number of nitriles is 1. The average molecular weight is 359 g/mol. The highest BCUT2D eigenvalue weighted by atomic mass is 16.2. The Bertz CT molecular complexity index is 986. The van der Waals surface area contributed by atoms with Crippen LogP contribution in [0.1, 0.15) is 29.3 Å². The van der Waals surface area contributed by atoms with E-state index in [2.05, 4.69) is 0 Å². The first-order chi connectivity index (χ1) is 12.9. The number of amides is 3. The van der Waals surface area contributed by atoms with E-state index in [1.54, 1.807) is 61.5 Å². The third kappa shape index (κ3) is 3.35. The Labute approximate surface area is 156 Å². The molecule has 1 aliphatic heterocycles. The maximum atomic E-state index is 13.2. The summed E-state index contributed by atoms with van der Waals surface area (Å²) in [6.45, 7) is 3.46. The minimum Gasteiger partial charge on any atom is -0.272 e. The summed E-state index contributed by atoms with van der Waals surface area (Å²) in [5.74, 6) is -1.88. The molecule has 2 aromatic rings. The van der Waals surface area contributed by atoms with Gasteiger partial charge in [0.1, 0.15) is 11.6 Å². The van der Waals surface area contributed by atoms with Crippen LogP contribution in [0.25, 0.3) is 0 Å². The Kier molecular flexibility index (Phi) is 4.86. The number of rotatable bonds is 3. The van der Waals surface area contributed by atoms with Gasteiger partial charge in [-0.25, -0.2) is 5.01 Å². The standard InChI is InChI=1S/C21H17N3O3/c1-14-8-10-17(11-9-14)23(20(26)16-6-4-3-5-7-16)24-19(25)12-15(2)18(13-22)21(24)27/h3-11H,12H2,1-2H3. The second-order valence-electron chi connectivity index (χ2n) is 6.27. The fraction of sp³-hybridized carbons (Fsp3) is 0.143. The lowest BCUT2D eigenvalue weighted by molar-refractivity contribution is -0.143. The average Bonchev–Trinajstić information content (AvgIpc) is 2.66. The Morgan fingerprint density at radius 1 is 1.04 bits per heavy atom. The molecular formula is C21H17N3O3. The van der Waals surface area contributed by atoms with Crippen LogP contribution in [0.5, 0.6) is 0 Å². The fourth-order valence-electron chi connectivity index (χ4n) is 2.85. The molecule has 0 saturated carbocycles. The number of nitrogens with zero attached hydrogens (tertiary/aromatic N) is 3. The van der Waals surface area contributed by atoms with Gasteiger partial charge in [-0.1, -0.05) is 35.9 Å². The van der Waals surface area contributed by atoms with E-state index >= 15 is 0 Å². The molecule has 1 aliphatic rings. The second kappa shape index (κ2) is 7.26. The molecule has 3 amide bonds. The number of hydrazine groups is 1. The molecule has 0 aromatic heterocycles. The van der Waals surface area contributed by atoms with Crippen LogP contribution in [-0.2, 0) is 9.59 Å². The van der Waals surface area contributed by atoms with Gasteiger partial charge in [0.15, 0.2) is 0 Å². The van der Waals surface area contributed by atoms with Gasteiger partial charge in [-0.05, 0) is 43.7 Å². The number of imide groups is 1. The third-order valence-corrected chi connectivity index (χ3v) is 4.29. The summed E-state index contributed by atoms with van der Waals surface area (Å²) < 4.78 is 0. The molecular weight excluding hydrogens is 342 g/mol. The summed E-state index contributed by atoms with van der Waals surface area (Å²) in [4.78, 5) is 38.7. The summed E-state index contributed by atoms with van der Waals surface area (Å²) in [7, 11) is 0. The van der Waals surface area contributed by atoms with Crippen LogP contribution in [0.2, 0.25) is 0 Å². The first-order valence-electron chi connectivity index (χ1n) is 8.37. The highest BCUT2D eigenvalue weighted by Gasteiger charge is 2.39. The first-order valence-corrected chi connectivity index (χ1v) is 8.37. The monoisotopic (exact) mass is 359 g/mol. The van der Waals surface area contributed by atoms with Crippen molar-refractivity contribution < 1.29 is 14.4 Å². The summed E-state index contributed by atoms with van der Waals surface area (Å²) in [5.41, 5.74) is 1.94. The van der Waals surface area contributed by atoms with Crippen molar-refractivity contribution in [3.63, 3.8) is 0 Å². The van der Waals surface area contributed by atoms with Crippen molar-refractivity contribution in [1.82, 2.24) is 5.01 Å². The Hall–Kier alpha value is -3.72. The number of carbonyl (C=O) groups is 3. The van der Waals surface area contributed by atoms with E-state index in [9.17, 15) is 19.6 Å². The first kappa shape index (κ1) is 18.1. The molecule has 0 bridgehead atoms. The Balaban J connectivity index is 2.14. The number of anilines is 1. The van der Waals surface area contributed by atoms with Crippen molar-refractivity contribution in [3.8, 4) is 6.07 Å². The van der Waals surface area contributed by atoms with Crippen molar-refractivity contribution in [1.29, 1.82) is 5.26 Å². The normalized spacial score (nSPS) is 14.2. The number of carbonyl (C=O) groups excluding carboxylic acids is 3. The molecule has 6 nitrogen and oxygen atoms in total. The molecule has 1 heterocycles. The lowest BCUT2D eigenvalue weighted by Gasteiger charge is -2.35. The third-order valence-electron chi connectivity index (χ3n) is 4.29. The van der Waals surface area contributed by atoms with Gasteiger partial charge in [0, 0.05) is 5.56 Å². The SMILES string of the molecule is CC1=C(C#N)C(=O)N(N(C(=O)c2ccccc2)c2ccc(C)cc2)C(=O)C1. The minimum atomic E-state index is -0.795. The van der Waals surface area contributed by atoms with E-state index in [0.29, 0.717) is 16.8 Å². The van der Waals surface area contributed by atoms with E-state index < -0.39 is 17.7 Å². The minimum absolute atomic E-state index is 0.0982. The zero-order valence-electron chi connectivity index (χ0n) is 15.0. The second-order valence-corrected chi connectivity index (χ2v) is 6.27. The number of aryl methyl sites for hydroxylation is 1. The van der Waals surface area contributed by atoms with E-state index in [1.165, 1.54) is 0 Å². The molecule has 0 N–H and O–H groups in total. The lowest BCUT2D eigenvalue weighted by atomic mass is 10.0. The number of hydrogen-bond acceptors (Lipinski definition) is 4. The quantitative estimate of drug-likeness (QED) is 0.788. The summed E-state index contributed by atoms with van der Waals surface area (Å²) in [6, 6.07) is 17.1. The smallest absolute Gasteiger partial charge is 0.272 e.